The minimum atomic E-state index is -2.68. The third-order valence-electron chi connectivity index (χ3n) is 7.91. The van der Waals surface area contributed by atoms with E-state index in [1.165, 1.54) is 6.20 Å². The van der Waals surface area contributed by atoms with Crippen LogP contribution in [-0.4, -0.2) is 43.6 Å². The standard InChI is InChI=1S/C30H35F2N5O2/c1-18-11-25-27(36(2)30(18)38)13-22(39-3)14-28(25)37-10-4-5-19-12-23(24(29(31)32)15-26(19)37)20(16-33)17-35-21-6-8-34-9-7-21/h11-17,21,29,34H,4-10,33H2,1-3H3/p+1/b20-16+,35-17?. The van der Waals surface area contributed by atoms with Gasteiger partial charge in [0, 0.05) is 80.1 Å². The molecule has 9 heteroatoms. The molecular weight excluding hydrogens is 500 g/mol. The zero-order valence-corrected chi connectivity index (χ0v) is 22.7. The Morgan fingerprint density at radius 3 is 2.64 bits per heavy atom. The number of nitrogens with one attached hydrogen (secondary N) is 2. The van der Waals surface area contributed by atoms with Gasteiger partial charge in [0.2, 0.25) is 0 Å². The van der Waals surface area contributed by atoms with Gasteiger partial charge in [-0.15, -0.1) is 0 Å². The lowest BCUT2D eigenvalue weighted by Gasteiger charge is -2.34. The Morgan fingerprint density at radius 1 is 1.18 bits per heavy atom. The molecule has 0 atom stereocenters. The van der Waals surface area contributed by atoms with E-state index >= 15 is 0 Å². The number of hydrogen-bond donors (Lipinski definition) is 3. The second kappa shape index (κ2) is 11.2. The van der Waals surface area contributed by atoms with Gasteiger partial charge < -0.3 is 25.3 Å². The average Bonchev–Trinajstić information content (AvgIpc) is 2.95. The first kappa shape index (κ1) is 26.9. The maximum absolute atomic E-state index is 14.6. The lowest BCUT2D eigenvalue weighted by atomic mass is 9.91. The fourth-order valence-corrected chi connectivity index (χ4v) is 5.76. The van der Waals surface area contributed by atoms with Crippen molar-refractivity contribution in [2.75, 3.05) is 31.6 Å². The predicted molar refractivity (Wildman–Crippen MR) is 152 cm³/mol. The molecule has 7 nitrogen and oxygen atoms in total. The lowest BCUT2D eigenvalue weighted by Crippen LogP contribution is -2.78. The van der Waals surface area contributed by atoms with Gasteiger partial charge in [-0.2, -0.15) is 0 Å². The van der Waals surface area contributed by atoms with Crippen molar-refractivity contribution in [3.05, 3.63) is 69.1 Å². The lowest BCUT2D eigenvalue weighted by molar-refractivity contribution is -0.500. The van der Waals surface area contributed by atoms with Crippen LogP contribution in [0.3, 0.4) is 0 Å². The number of piperidine rings is 1. The molecule has 39 heavy (non-hydrogen) atoms. The molecule has 2 aliphatic heterocycles. The number of alkyl halides is 2. The normalized spacial score (nSPS) is 16.9. The van der Waals surface area contributed by atoms with Gasteiger partial charge in [0.15, 0.2) is 12.3 Å². The van der Waals surface area contributed by atoms with Crippen LogP contribution in [0.15, 0.2) is 41.3 Å². The number of nitrogens with two attached hydrogens (primary N) is 1. The number of rotatable bonds is 6. The van der Waals surface area contributed by atoms with Gasteiger partial charge >= 0.3 is 0 Å². The highest BCUT2D eigenvalue weighted by atomic mass is 19.3. The van der Waals surface area contributed by atoms with Gasteiger partial charge in [0.25, 0.3) is 12.0 Å². The van der Waals surface area contributed by atoms with E-state index in [0.29, 0.717) is 29.0 Å². The van der Waals surface area contributed by atoms with E-state index in [0.717, 1.165) is 66.6 Å². The number of anilines is 2. The molecule has 0 spiro atoms. The van der Waals surface area contributed by atoms with Gasteiger partial charge in [-0.1, -0.05) is 0 Å². The molecule has 3 aromatic rings. The van der Waals surface area contributed by atoms with Crippen LogP contribution < -0.4 is 31.2 Å². The van der Waals surface area contributed by atoms with Crippen LogP contribution in [0.1, 0.15) is 47.9 Å². The third-order valence-corrected chi connectivity index (χ3v) is 7.91. The van der Waals surface area contributed by atoms with E-state index in [-0.39, 0.29) is 17.2 Å². The summed E-state index contributed by atoms with van der Waals surface area (Å²) in [4.78, 5) is 18.1. The van der Waals surface area contributed by atoms with Crippen molar-refractivity contribution in [2.45, 2.75) is 45.1 Å². The number of hydrogen-bond acceptors (Lipinski definition) is 5. The van der Waals surface area contributed by atoms with Gasteiger partial charge in [-0.05, 0) is 49.1 Å². The van der Waals surface area contributed by atoms with E-state index in [2.05, 4.69) is 15.2 Å². The Balaban J connectivity index is 1.64. The van der Waals surface area contributed by atoms with Gasteiger partial charge in [-0.25, -0.2) is 13.8 Å². The number of halogens is 2. The van der Waals surface area contributed by atoms with Crippen LogP contribution in [0.2, 0.25) is 0 Å². The molecule has 4 N–H and O–H groups in total. The smallest absolute Gasteiger partial charge is 0.264 e. The maximum atomic E-state index is 14.6. The third kappa shape index (κ3) is 5.15. The van der Waals surface area contributed by atoms with Crippen LogP contribution in [0.4, 0.5) is 20.2 Å². The van der Waals surface area contributed by atoms with Crippen molar-refractivity contribution in [3.8, 4) is 5.75 Å². The molecule has 0 amide bonds. The summed E-state index contributed by atoms with van der Waals surface area (Å²) in [6.07, 6.45) is 4.05. The predicted octanol–water partition coefficient (Wildman–Crippen LogP) is 3.08. The molecule has 206 valence electrons. The van der Waals surface area contributed by atoms with Crippen molar-refractivity contribution in [2.24, 2.45) is 12.8 Å². The number of methoxy groups -OCH3 is 1. The molecule has 1 saturated heterocycles. The van der Waals surface area contributed by atoms with Crippen LogP contribution in [-0.2, 0) is 13.5 Å². The van der Waals surface area contributed by atoms with Crippen LogP contribution in [0.5, 0.6) is 5.75 Å². The van der Waals surface area contributed by atoms with Crippen molar-refractivity contribution in [1.29, 1.82) is 0 Å². The summed E-state index contributed by atoms with van der Waals surface area (Å²) in [6.45, 7) is 4.30. The van der Waals surface area contributed by atoms with Crippen molar-refractivity contribution in [1.82, 2.24) is 9.88 Å². The molecule has 0 unspecified atom stereocenters. The van der Waals surface area contributed by atoms with Crippen molar-refractivity contribution in [3.63, 3.8) is 0 Å². The summed E-state index contributed by atoms with van der Waals surface area (Å²) in [6, 6.07) is 9.38. The number of ether oxygens (including phenoxy) is 1. The summed E-state index contributed by atoms with van der Waals surface area (Å²) < 4.78 is 36.3. The number of benzene rings is 2. The molecule has 1 aromatic heterocycles. The Kier molecular flexibility index (Phi) is 7.70. The molecule has 5 rings (SSSR count). The summed E-state index contributed by atoms with van der Waals surface area (Å²) >= 11 is 0. The maximum Gasteiger partial charge on any atom is 0.264 e. The molecule has 0 bridgehead atoms. The second-order valence-corrected chi connectivity index (χ2v) is 10.4. The molecule has 3 heterocycles. The summed E-state index contributed by atoms with van der Waals surface area (Å²) in [5.41, 5.74) is 10.7. The monoisotopic (exact) mass is 536 g/mol. The van der Waals surface area contributed by atoms with Gasteiger partial charge in [0.05, 0.1) is 23.9 Å². The Bertz CT molecular complexity index is 1510. The van der Waals surface area contributed by atoms with Crippen LogP contribution in [0, 0.1) is 6.92 Å². The van der Waals surface area contributed by atoms with E-state index < -0.39 is 6.43 Å². The summed E-state index contributed by atoms with van der Waals surface area (Å²) in [5.74, 6) is 0.598. The summed E-state index contributed by atoms with van der Waals surface area (Å²) in [7, 11) is 3.32. The highest BCUT2D eigenvalue weighted by molar-refractivity contribution is 6.08. The molecule has 0 aliphatic carbocycles. The van der Waals surface area contributed by atoms with E-state index in [9.17, 15) is 13.6 Å². The number of fused-ring (bicyclic) bond motifs is 2. The first-order valence-corrected chi connectivity index (χ1v) is 13.5. The molecule has 1 fully saturated rings. The molecule has 2 aromatic carbocycles. The highest BCUT2D eigenvalue weighted by Gasteiger charge is 2.27. The van der Waals surface area contributed by atoms with Crippen molar-refractivity contribution < 1.29 is 18.5 Å². The van der Waals surface area contributed by atoms with Gasteiger partial charge in [-0.3, -0.25) is 4.79 Å². The van der Waals surface area contributed by atoms with E-state index in [1.807, 2.05) is 24.3 Å². The number of aromatic nitrogens is 1. The SMILES string of the molecule is COc1cc(N2CCCc3cc(/C(C=[NH+]C4CCNCC4)=C/N)c(C(F)F)cc32)c2cc(C)c(=O)n(C)c2c1. The molecule has 2 aliphatic rings. The molecule has 0 radical (unpaired) electrons. The van der Waals surface area contributed by atoms with Crippen LogP contribution in [0.25, 0.3) is 16.5 Å². The Hall–Kier alpha value is -3.72. The molecule has 0 saturated carbocycles. The number of pyridine rings is 1. The number of aryl methyl sites for hydroxylation is 3. The second-order valence-electron chi connectivity index (χ2n) is 10.4. The quantitative estimate of drug-likeness (QED) is 0.422. The zero-order chi connectivity index (χ0) is 27.7. The highest BCUT2D eigenvalue weighted by Crippen LogP contribution is 2.42. The van der Waals surface area contributed by atoms with E-state index in [4.69, 9.17) is 10.5 Å². The Labute approximate surface area is 227 Å². The summed E-state index contributed by atoms with van der Waals surface area (Å²) in [5, 5.41) is 4.20. The zero-order valence-electron chi connectivity index (χ0n) is 22.7. The fourth-order valence-electron chi connectivity index (χ4n) is 5.76. The number of nitrogens with zero attached hydrogens (tertiary/aromatic N) is 2. The first-order chi connectivity index (χ1) is 18.8. The minimum absolute atomic E-state index is 0.0588. The Morgan fingerprint density at radius 2 is 1.95 bits per heavy atom. The largest absolute Gasteiger partial charge is 0.497 e. The number of allylic oxidation sites excluding steroid dienone is 1. The first-order valence-electron chi connectivity index (χ1n) is 13.5. The van der Waals surface area contributed by atoms with E-state index in [1.54, 1.807) is 37.9 Å². The average molecular weight is 537 g/mol. The fraction of sp³-hybridized carbons (Fsp3) is 0.400. The van der Waals surface area contributed by atoms with Gasteiger partial charge in [0.1, 0.15) is 5.75 Å². The topological polar surface area (TPSA) is 86.5 Å². The van der Waals surface area contributed by atoms with Crippen LogP contribution >= 0.6 is 0 Å². The van der Waals surface area contributed by atoms with Crippen molar-refractivity contribution >= 4 is 34.1 Å². The molecular formula is C30H36F2N5O2+. The minimum Gasteiger partial charge on any atom is -0.497 e.